The maximum atomic E-state index is 11.2. The number of hydrogen-bond donors (Lipinski definition) is 2. The summed E-state index contributed by atoms with van der Waals surface area (Å²) in [5, 5.41) is 12.3. The van der Waals surface area contributed by atoms with Crippen LogP contribution in [0.3, 0.4) is 0 Å². The van der Waals surface area contributed by atoms with E-state index in [0.29, 0.717) is 29.4 Å². The van der Waals surface area contributed by atoms with Crippen molar-refractivity contribution < 1.29 is 14.6 Å². The van der Waals surface area contributed by atoms with Crippen LogP contribution in [-0.4, -0.2) is 30.3 Å². The number of carboxylic acid groups (broad SMARTS) is 1. The van der Waals surface area contributed by atoms with Crippen molar-refractivity contribution >= 4 is 27.6 Å². The molecule has 0 saturated heterocycles. The number of aromatic carboxylic acids is 1. The number of ether oxygens (including phenoxy) is 1. The summed E-state index contributed by atoms with van der Waals surface area (Å²) in [5.74, 6) is -0.938. The van der Waals surface area contributed by atoms with E-state index >= 15 is 0 Å². The van der Waals surface area contributed by atoms with Gasteiger partial charge in [-0.25, -0.2) is 4.79 Å². The summed E-state index contributed by atoms with van der Waals surface area (Å²) in [5.41, 5.74) is 0.889. The summed E-state index contributed by atoms with van der Waals surface area (Å²) >= 11 is 3.26. The van der Waals surface area contributed by atoms with Gasteiger partial charge in [0.25, 0.3) is 0 Å². The first-order chi connectivity index (χ1) is 9.18. The van der Waals surface area contributed by atoms with Gasteiger partial charge in [0.2, 0.25) is 0 Å². The maximum Gasteiger partial charge on any atom is 0.338 e. The lowest BCUT2D eigenvalue weighted by molar-refractivity contribution is 0.0655. The van der Waals surface area contributed by atoms with Crippen molar-refractivity contribution in [2.75, 3.05) is 18.5 Å². The fourth-order valence-corrected chi connectivity index (χ4v) is 2.89. The second-order valence-electron chi connectivity index (χ2n) is 4.67. The Morgan fingerprint density at radius 3 is 2.84 bits per heavy atom. The number of carboxylic acids is 1. The first-order valence-electron chi connectivity index (χ1n) is 6.56. The Hall–Kier alpha value is -1.07. The van der Waals surface area contributed by atoms with Crippen molar-refractivity contribution in [1.29, 1.82) is 0 Å². The van der Waals surface area contributed by atoms with Crippen molar-refractivity contribution in [2.24, 2.45) is 0 Å². The zero-order valence-corrected chi connectivity index (χ0v) is 12.3. The molecule has 1 saturated carbocycles. The first-order valence-corrected chi connectivity index (χ1v) is 7.35. The second kappa shape index (κ2) is 6.91. The molecule has 0 heterocycles. The van der Waals surface area contributed by atoms with Gasteiger partial charge in [0, 0.05) is 16.7 Å². The standard InChI is InChI=1S/C14H18BrNO3/c15-11-6-3-7-12(13(11)14(17)18)16-8-9-19-10-4-1-2-5-10/h3,6-7,10,16H,1-2,4-5,8-9H2,(H,17,18). The molecule has 1 aromatic rings. The third-order valence-corrected chi connectivity index (χ3v) is 3.96. The summed E-state index contributed by atoms with van der Waals surface area (Å²) in [6.07, 6.45) is 5.21. The number of benzene rings is 1. The Morgan fingerprint density at radius 2 is 2.16 bits per heavy atom. The van der Waals surface area contributed by atoms with Crippen LogP contribution in [0, 0.1) is 0 Å². The smallest absolute Gasteiger partial charge is 0.338 e. The molecule has 4 nitrogen and oxygen atoms in total. The van der Waals surface area contributed by atoms with Gasteiger partial charge in [-0.1, -0.05) is 18.9 Å². The molecule has 1 aliphatic carbocycles. The highest BCUT2D eigenvalue weighted by atomic mass is 79.9. The van der Waals surface area contributed by atoms with Gasteiger partial charge in [-0.05, 0) is 40.9 Å². The lowest BCUT2D eigenvalue weighted by atomic mass is 10.2. The Kier molecular flexibility index (Phi) is 5.22. The average molecular weight is 328 g/mol. The van der Waals surface area contributed by atoms with Crippen LogP contribution in [-0.2, 0) is 4.74 Å². The van der Waals surface area contributed by atoms with E-state index in [9.17, 15) is 9.90 Å². The second-order valence-corrected chi connectivity index (χ2v) is 5.53. The van der Waals surface area contributed by atoms with Gasteiger partial charge in [-0.2, -0.15) is 0 Å². The van der Waals surface area contributed by atoms with E-state index in [-0.39, 0.29) is 5.56 Å². The number of halogens is 1. The molecule has 0 bridgehead atoms. The first kappa shape index (κ1) is 14.3. The van der Waals surface area contributed by atoms with Crippen molar-refractivity contribution in [3.05, 3.63) is 28.2 Å². The predicted octanol–water partition coefficient (Wildman–Crippen LogP) is 3.52. The van der Waals surface area contributed by atoms with Gasteiger partial charge >= 0.3 is 5.97 Å². The summed E-state index contributed by atoms with van der Waals surface area (Å²) in [7, 11) is 0. The minimum absolute atomic E-state index is 0.267. The zero-order chi connectivity index (χ0) is 13.7. The normalized spacial score (nSPS) is 15.6. The summed E-state index contributed by atoms with van der Waals surface area (Å²) < 4.78 is 6.32. The molecular weight excluding hydrogens is 310 g/mol. The topological polar surface area (TPSA) is 58.6 Å². The maximum absolute atomic E-state index is 11.2. The highest BCUT2D eigenvalue weighted by Crippen LogP contribution is 2.25. The number of nitrogens with one attached hydrogen (secondary N) is 1. The van der Waals surface area contributed by atoms with Crippen LogP contribution in [0.1, 0.15) is 36.0 Å². The van der Waals surface area contributed by atoms with E-state index in [4.69, 9.17) is 4.74 Å². The van der Waals surface area contributed by atoms with Crippen molar-refractivity contribution in [3.8, 4) is 0 Å². The molecular formula is C14H18BrNO3. The van der Waals surface area contributed by atoms with Crippen molar-refractivity contribution in [1.82, 2.24) is 0 Å². The highest BCUT2D eigenvalue weighted by Gasteiger charge is 2.16. The lowest BCUT2D eigenvalue weighted by Crippen LogP contribution is -2.16. The molecule has 0 amide bonds. The Morgan fingerprint density at radius 1 is 1.42 bits per heavy atom. The van der Waals surface area contributed by atoms with Crippen LogP contribution in [0.2, 0.25) is 0 Å². The largest absolute Gasteiger partial charge is 0.478 e. The molecule has 2 rings (SSSR count). The van der Waals surface area contributed by atoms with Crippen LogP contribution in [0.15, 0.2) is 22.7 Å². The summed E-state index contributed by atoms with van der Waals surface area (Å²) in [4.78, 5) is 11.2. The van der Waals surface area contributed by atoms with Crippen LogP contribution >= 0.6 is 15.9 Å². The molecule has 0 radical (unpaired) electrons. The fraction of sp³-hybridized carbons (Fsp3) is 0.500. The lowest BCUT2D eigenvalue weighted by Gasteiger charge is -2.13. The van der Waals surface area contributed by atoms with Crippen molar-refractivity contribution in [3.63, 3.8) is 0 Å². The molecule has 0 unspecified atom stereocenters. The quantitative estimate of drug-likeness (QED) is 0.785. The Labute approximate surface area is 121 Å². The SMILES string of the molecule is O=C(O)c1c(Br)cccc1NCCOC1CCCC1. The van der Waals surface area contributed by atoms with E-state index in [1.165, 1.54) is 12.8 Å². The van der Waals surface area contributed by atoms with Gasteiger partial charge < -0.3 is 15.2 Å². The zero-order valence-electron chi connectivity index (χ0n) is 10.7. The number of hydrogen-bond acceptors (Lipinski definition) is 3. The van der Waals surface area contributed by atoms with Crippen molar-refractivity contribution in [2.45, 2.75) is 31.8 Å². The molecule has 0 aliphatic heterocycles. The van der Waals surface area contributed by atoms with Gasteiger partial charge in [-0.3, -0.25) is 0 Å². The molecule has 1 fully saturated rings. The third-order valence-electron chi connectivity index (χ3n) is 3.30. The average Bonchev–Trinajstić information content (AvgIpc) is 2.87. The van der Waals surface area contributed by atoms with Crippen LogP contribution < -0.4 is 5.32 Å². The molecule has 104 valence electrons. The van der Waals surface area contributed by atoms with Gasteiger partial charge in [0.05, 0.1) is 18.3 Å². The molecule has 19 heavy (non-hydrogen) atoms. The number of rotatable bonds is 6. The molecule has 5 heteroatoms. The Balaban J connectivity index is 1.85. The molecule has 0 atom stereocenters. The van der Waals surface area contributed by atoms with Gasteiger partial charge in [-0.15, -0.1) is 0 Å². The van der Waals surface area contributed by atoms with E-state index < -0.39 is 5.97 Å². The van der Waals surface area contributed by atoms with Crippen LogP contribution in [0.5, 0.6) is 0 Å². The Bertz CT molecular complexity index is 444. The molecule has 2 N–H and O–H groups in total. The fourth-order valence-electron chi connectivity index (χ4n) is 2.36. The van der Waals surface area contributed by atoms with E-state index in [1.54, 1.807) is 12.1 Å². The minimum atomic E-state index is -0.938. The highest BCUT2D eigenvalue weighted by molar-refractivity contribution is 9.10. The molecule has 1 aromatic carbocycles. The molecule has 1 aliphatic rings. The molecule has 0 spiro atoms. The monoisotopic (exact) mass is 327 g/mol. The van der Waals surface area contributed by atoms with E-state index in [0.717, 1.165) is 12.8 Å². The van der Waals surface area contributed by atoms with Gasteiger partial charge in [0.15, 0.2) is 0 Å². The third kappa shape index (κ3) is 3.94. The van der Waals surface area contributed by atoms with Crippen LogP contribution in [0.25, 0.3) is 0 Å². The summed E-state index contributed by atoms with van der Waals surface area (Å²) in [6.45, 7) is 1.23. The number of carbonyl (C=O) groups is 1. The molecule has 0 aromatic heterocycles. The van der Waals surface area contributed by atoms with E-state index in [1.807, 2.05) is 6.07 Å². The number of anilines is 1. The van der Waals surface area contributed by atoms with E-state index in [2.05, 4.69) is 21.2 Å². The summed E-state index contributed by atoms with van der Waals surface area (Å²) in [6, 6.07) is 5.31. The predicted molar refractivity (Wildman–Crippen MR) is 77.8 cm³/mol. The minimum Gasteiger partial charge on any atom is -0.478 e. The van der Waals surface area contributed by atoms with Crippen LogP contribution in [0.4, 0.5) is 5.69 Å². The van der Waals surface area contributed by atoms with Gasteiger partial charge in [0.1, 0.15) is 0 Å².